The Labute approximate surface area is 211 Å². The van der Waals surface area contributed by atoms with Crippen molar-refractivity contribution in [3.8, 4) is 0 Å². The number of ether oxygens (including phenoxy) is 1. The summed E-state index contributed by atoms with van der Waals surface area (Å²) in [5.74, 6) is 0.791. The van der Waals surface area contributed by atoms with Gasteiger partial charge in [-0.05, 0) is 78.9 Å². The molecule has 0 heterocycles. The van der Waals surface area contributed by atoms with E-state index in [-0.39, 0.29) is 52.6 Å². The van der Waals surface area contributed by atoms with Crippen LogP contribution in [0.5, 0.6) is 0 Å². The van der Waals surface area contributed by atoms with Gasteiger partial charge in [0.25, 0.3) is 0 Å². The zero-order chi connectivity index (χ0) is 26.7. The Morgan fingerprint density at radius 3 is 2.44 bits per heavy atom. The summed E-state index contributed by atoms with van der Waals surface area (Å²) in [6.45, 7) is 4.89. The van der Waals surface area contributed by atoms with Crippen LogP contribution < -0.4 is 0 Å². The molecule has 36 heavy (non-hydrogen) atoms. The highest BCUT2D eigenvalue weighted by Gasteiger charge is 2.63. The van der Waals surface area contributed by atoms with Crippen LogP contribution in [0.15, 0.2) is 0 Å². The van der Waals surface area contributed by atoms with Crippen molar-refractivity contribution in [2.75, 3.05) is 6.61 Å². The molecule has 0 radical (unpaired) electrons. The summed E-state index contributed by atoms with van der Waals surface area (Å²) in [5, 5.41) is -4.53. The summed E-state index contributed by atoms with van der Waals surface area (Å²) in [4.78, 5) is 37.6. The molecule has 4 saturated carbocycles. The van der Waals surface area contributed by atoms with Crippen LogP contribution in [0.2, 0.25) is 0 Å². The third kappa shape index (κ3) is 4.65. The number of rotatable bonds is 7. The fourth-order valence-corrected chi connectivity index (χ4v) is 8.76. The van der Waals surface area contributed by atoms with E-state index >= 15 is 0 Å². The number of ketones is 2. The van der Waals surface area contributed by atoms with Crippen LogP contribution >= 0.6 is 0 Å². The van der Waals surface area contributed by atoms with Gasteiger partial charge >= 0.3 is 21.3 Å². The van der Waals surface area contributed by atoms with Crippen LogP contribution in [0.25, 0.3) is 0 Å². The lowest BCUT2D eigenvalue weighted by molar-refractivity contribution is -0.159. The average molecular weight is 533 g/mol. The Morgan fingerprint density at radius 1 is 1.11 bits per heavy atom. The normalized spacial score (nSPS) is 39.7. The van der Waals surface area contributed by atoms with Gasteiger partial charge < -0.3 is 4.74 Å². The summed E-state index contributed by atoms with van der Waals surface area (Å²) in [6, 6.07) is 0. The van der Waals surface area contributed by atoms with Gasteiger partial charge in [-0.3, -0.25) is 18.9 Å². The summed E-state index contributed by atoms with van der Waals surface area (Å²) in [5.41, 5.74) is -0.0166. The molecule has 0 aliphatic heterocycles. The molecule has 0 aromatic heterocycles. The Bertz CT molecular complexity index is 1030. The van der Waals surface area contributed by atoms with E-state index in [0.29, 0.717) is 37.4 Å². The Balaban J connectivity index is 1.39. The number of halogens is 2. The molecule has 8 atom stereocenters. The van der Waals surface area contributed by atoms with Gasteiger partial charge in [-0.2, -0.15) is 17.2 Å². The van der Waals surface area contributed by atoms with Gasteiger partial charge in [-0.25, -0.2) is 0 Å². The zero-order valence-corrected chi connectivity index (χ0v) is 22.1. The number of carbonyl (C=O) groups excluding carboxylic acids is 3. The van der Waals surface area contributed by atoms with Crippen molar-refractivity contribution in [1.29, 1.82) is 0 Å². The van der Waals surface area contributed by atoms with E-state index in [1.165, 1.54) is 0 Å². The van der Waals surface area contributed by atoms with Crippen molar-refractivity contribution in [1.82, 2.24) is 0 Å². The Hall–Kier alpha value is -1.42. The first-order chi connectivity index (χ1) is 16.6. The number of hydrogen-bond acceptors (Lipinski definition) is 6. The number of carbonyl (C=O) groups is 3. The van der Waals surface area contributed by atoms with Gasteiger partial charge in [0.1, 0.15) is 11.6 Å². The monoisotopic (exact) mass is 532 g/mol. The molecule has 204 valence electrons. The highest BCUT2D eigenvalue weighted by Crippen LogP contribution is 2.67. The fraction of sp³-hybridized carbons (Fsp3) is 0.885. The first kappa shape index (κ1) is 27.6. The topological polar surface area (TPSA) is 115 Å². The molecular formula is C26H38F2O7S. The molecule has 1 unspecified atom stereocenters. The lowest BCUT2D eigenvalue weighted by Gasteiger charge is -2.59. The Kier molecular flexibility index (Phi) is 7.21. The second-order valence-electron chi connectivity index (χ2n) is 12.4. The largest absolute Gasteiger partial charge is 0.458 e. The van der Waals surface area contributed by atoms with E-state index in [1.807, 2.05) is 6.92 Å². The molecule has 10 heteroatoms. The minimum Gasteiger partial charge on any atom is -0.458 e. The molecule has 4 aliphatic carbocycles. The lowest BCUT2D eigenvalue weighted by atomic mass is 9.44. The van der Waals surface area contributed by atoms with Gasteiger partial charge in [0.05, 0.1) is 0 Å². The lowest BCUT2D eigenvalue weighted by Crippen LogP contribution is -2.57. The quantitative estimate of drug-likeness (QED) is 0.369. The number of Topliss-reactive ketones (excluding diaryl/α,β-unsaturated/α-hetero) is 2. The predicted molar refractivity (Wildman–Crippen MR) is 126 cm³/mol. The van der Waals surface area contributed by atoms with E-state index in [2.05, 4.69) is 18.6 Å². The molecule has 7 nitrogen and oxygen atoms in total. The van der Waals surface area contributed by atoms with Crippen molar-refractivity contribution in [3.63, 3.8) is 0 Å². The van der Waals surface area contributed by atoms with E-state index in [4.69, 9.17) is 4.55 Å². The van der Waals surface area contributed by atoms with Crippen LogP contribution in [-0.4, -0.2) is 42.4 Å². The molecule has 0 amide bonds. The summed E-state index contributed by atoms with van der Waals surface area (Å²) in [6.07, 6.45) is 6.62. The third-order valence-corrected chi connectivity index (χ3v) is 11.5. The fourth-order valence-electron chi connectivity index (χ4n) is 8.56. The van der Waals surface area contributed by atoms with E-state index in [0.717, 1.165) is 32.1 Å². The van der Waals surface area contributed by atoms with Crippen LogP contribution in [0, 0.1) is 46.3 Å². The molecule has 4 aliphatic rings. The molecular weight excluding hydrogens is 494 g/mol. The first-order valence-electron chi connectivity index (χ1n) is 13.1. The summed E-state index contributed by atoms with van der Waals surface area (Å²) >= 11 is 0. The maximum absolute atomic E-state index is 13.4. The molecule has 4 rings (SSSR count). The second kappa shape index (κ2) is 9.40. The molecule has 0 spiro atoms. The van der Waals surface area contributed by atoms with Gasteiger partial charge in [-0.15, -0.1) is 0 Å². The zero-order valence-electron chi connectivity index (χ0n) is 21.3. The van der Waals surface area contributed by atoms with Crippen molar-refractivity contribution in [2.24, 2.45) is 46.3 Å². The van der Waals surface area contributed by atoms with Crippen molar-refractivity contribution >= 4 is 27.7 Å². The number of hydrogen-bond donors (Lipinski definition) is 1. The molecule has 0 aromatic carbocycles. The van der Waals surface area contributed by atoms with Crippen LogP contribution in [0.1, 0.15) is 85.0 Å². The van der Waals surface area contributed by atoms with Crippen molar-refractivity contribution in [3.05, 3.63) is 0 Å². The van der Waals surface area contributed by atoms with E-state index < -0.39 is 27.9 Å². The van der Waals surface area contributed by atoms with E-state index in [9.17, 15) is 31.6 Å². The average Bonchev–Trinajstić information content (AvgIpc) is 3.13. The maximum Gasteiger partial charge on any atom is 0.402 e. The van der Waals surface area contributed by atoms with Crippen molar-refractivity contribution < 1.29 is 40.9 Å². The van der Waals surface area contributed by atoms with Crippen LogP contribution in [0.3, 0.4) is 0 Å². The first-order valence-corrected chi connectivity index (χ1v) is 14.6. The summed E-state index contributed by atoms with van der Waals surface area (Å²) < 4.78 is 61.0. The minimum atomic E-state index is -5.65. The van der Waals surface area contributed by atoms with Gasteiger partial charge in [0.2, 0.25) is 0 Å². The number of alkyl halides is 2. The molecule has 0 aromatic rings. The molecule has 1 N–H and O–H groups in total. The smallest absolute Gasteiger partial charge is 0.402 e. The Morgan fingerprint density at radius 2 is 1.78 bits per heavy atom. The standard InChI is InChI=1S/C26H38F2O7S/c1-15(4-7-22(31)35-14-26(27,28)36(32,33)34)18-5-6-19-23-20(9-11-25(18,19)3)24(2)10-8-17(29)12-16(24)13-21(23)30/h15-16,18-20,23H,4-14H2,1-3H3,(H,32,33,34)/t15-,16?,18-,19+,20+,23+,24+,25-/m1/s1. The van der Waals surface area contributed by atoms with Crippen LogP contribution in [0.4, 0.5) is 8.78 Å². The van der Waals surface area contributed by atoms with Gasteiger partial charge in [0.15, 0.2) is 6.61 Å². The highest BCUT2D eigenvalue weighted by molar-refractivity contribution is 7.86. The van der Waals surface area contributed by atoms with Crippen LogP contribution in [-0.2, 0) is 29.2 Å². The van der Waals surface area contributed by atoms with Gasteiger partial charge in [-0.1, -0.05) is 20.8 Å². The molecule has 0 saturated heterocycles. The highest BCUT2D eigenvalue weighted by atomic mass is 32.2. The third-order valence-electron chi connectivity index (χ3n) is 10.6. The summed E-state index contributed by atoms with van der Waals surface area (Å²) in [7, 11) is -5.65. The van der Waals surface area contributed by atoms with E-state index in [1.54, 1.807) is 0 Å². The maximum atomic E-state index is 13.4. The predicted octanol–water partition coefficient (Wildman–Crippen LogP) is 4.83. The molecule has 0 bridgehead atoms. The number of fused-ring (bicyclic) bond motifs is 5. The number of esters is 1. The SMILES string of the molecule is C[C@H](CCC(=O)OCC(F)(F)S(=O)(=O)O)[C@H]1CC[C@H]2[C@@H]3C(=O)CC4CC(=O)CC[C@]4(C)[C@H]3CC[C@]12C. The van der Waals surface area contributed by atoms with Crippen molar-refractivity contribution in [2.45, 2.75) is 90.2 Å². The van der Waals surface area contributed by atoms with Gasteiger partial charge in [0, 0.05) is 31.6 Å². The second-order valence-corrected chi connectivity index (χ2v) is 13.9. The minimum absolute atomic E-state index is 0.0167. The molecule has 4 fully saturated rings.